The van der Waals surface area contributed by atoms with Gasteiger partial charge in [0.1, 0.15) is 11.6 Å². The molecular weight excluding hydrogens is 416 g/mol. The fourth-order valence-electron chi connectivity index (χ4n) is 4.50. The molecule has 2 aromatic rings. The fraction of sp³-hybridized carbons (Fsp3) is 0.440. The Kier molecular flexibility index (Phi) is 6.74. The number of rotatable bonds is 7. The van der Waals surface area contributed by atoms with Crippen molar-refractivity contribution in [3.63, 3.8) is 0 Å². The maximum absolute atomic E-state index is 12.8. The molecule has 1 aromatic carbocycles. The maximum Gasteiger partial charge on any atom is 0.291 e. The fourth-order valence-corrected chi connectivity index (χ4v) is 4.50. The molecule has 0 aliphatic carbocycles. The topological polar surface area (TPSA) is 95.7 Å². The van der Waals surface area contributed by atoms with Crippen molar-refractivity contribution >= 4 is 23.3 Å². The first-order valence-corrected chi connectivity index (χ1v) is 11.6. The largest absolute Gasteiger partial charge is 0.383 e. The molecule has 0 radical (unpaired) electrons. The van der Waals surface area contributed by atoms with Gasteiger partial charge in [0.05, 0.1) is 5.70 Å². The van der Waals surface area contributed by atoms with Crippen molar-refractivity contribution in [1.29, 1.82) is 0 Å². The molecule has 3 heterocycles. The summed E-state index contributed by atoms with van der Waals surface area (Å²) in [5.74, 6) is 0.291. The zero-order valence-corrected chi connectivity index (χ0v) is 19.5. The Labute approximate surface area is 195 Å². The molecule has 0 atom stereocenters. The number of fused-ring (bicyclic) bond motifs is 1. The maximum atomic E-state index is 12.8. The molecule has 0 bridgehead atoms. The summed E-state index contributed by atoms with van der Waals surface area (Å²) >= 11 is 0. The zero-order chi connectivity index (χ0) is 23.5. The van der Waals surface area contributed by atoms with Gasteiger partial charge < -0.3 is 15.5 Å². The number of allylic oxidation sites excluding steroid dienone is 1. The lowest BCUT2D eigenvalue weighted by Crippen LogP contribution is -2.36. The van der Waals surface area contributed by atoms with Crippen molar-refractivity contribution in [2.24, 2.45) is 0 Å². The second-order valence-electron chi connectivity index (χ2n) is 8.90. The summed E-state index contributed by atoms with van der Waals surface area (Å²) in [6.07, 6.45) is 3.42. The van der Waals surface area contributed by atoms with E-state index in [1.165, 1.54) is 18.4 Å². The van der Waals surface area contributed by atoms with Crippen LogP contribution in [0, 0.1) is 0 Å². The lowest BCUT2D eigenvalue weighted by atomic mass is 10.0. The van der Waals surface area contributed by atoms with Gasteiger partial charge in [-0.15, -0.1) is 0 Å². The summed E-state index contributed by atoms with van der Waals surface area (Å²) in [6.45, 7) is 10.2. The third-order valence-electron chi connectivity index (χ3n) is 6.29. The van der Waals surface area contributed by atoms with Crippen LogP contribution in [0.2, 0.25) is 0 Å². The Balaban J connectivity index is 1.64. The first kappa shape index (κ1) is 22.9. The van der Waals surface area contributed by atoms with Crippen molar-refractivity contribution in [3.8, 4) is 0 Å². The minimum atomic E-state index is -0.290. The number of nitrogen functional groups attached to an aromatic ring is 1. The SMILES string of the molecule is C=C1C(=O)Cc2c(N)nc(C(=O)N(C)CCC)nc2N1Cc1cccc(CN2CCCC2)c1. The molecule has 0 spiro atoms. The Morgan fingerprint density at radius 3 is 2.58 bits per heavy atom. The Morgan fingerprint density at radius 1 is 1.18 bits per heavy atom. The molecule has 8 nitrogen and oxygen atoms in total. The van der Waals surface area contributed by atoms with E-state index in [1.807, 2.05) is 19.1 Å². The van der Waals surface area contributed by atoms with E-state index < -0.39 is 0 Å². The van der Waals surface area contributed by atoms with Gasteiger partial charge in [-0.3, -0.25) is 14.5 Å². The summed E-state index contributed by atoms with van der Waals surface area (Å²) in [4.78, 5) is 40.1. The number of ketones is 1. The summed E-state index contributed by atoms with van der Waals surface area (Å²) < 4.78 is 0. The molecule has 2 aliphatic rings. The van der Waals surface area contributed by atoms with Gasteiger partial charge >= 0.3 is 0 Å². The predicted molar refractivity (Wildman–Crippen MR) is 129 cm³/mol. The molecule has 2 N–H and O–H groups in total. The van der Waals surface area contributed by atoms with E-state index in [2.05, 4.69) is 33.6 Å². The van der Waals surface area contributed by atoms with Gasteiger partial charge in [-0.2, -0.15) is 0 Å². The first-order valence-electron chi connectivity index (χ1n) is 11.6. The molecule has 1 saturated heterocycles. The number of carbonyl (C=O) groups excluding carboxylic acids is 2. The average molecular weight is 449 g/mol. The highest BCUT2D eigenvalue weighted by molar-refractivity contribution is 6.04. The average Bonchev–Trinajstić information content (AvgIpc) is 3.30. The second-order valence-corrected chi connectivity index (χ2v) is 8.90. The Hall–Kier alpha value is -3.26. The summed E-state index contributed by atoms with van der Waals surface area (Å²) in [6, 6.07) is 8.37. The quantitative estimate of drug-likeness (QED) is 0.651. The zero-order valence-electron chi connectivity index (χ0n) is 19.5. The standard InChI is InChI=1S/C25H32N6O2/c1-4-10-29(3)25(33)23-27-22(26)20-14-21(32)17(2)31(24(20)28-23)16-19-9-7-8-18(13-19)15-30-11-5-6-12-30/h7-9,13H,2,4-6,10-12,14-16H2,1,3H3,(H2,26,27,28). The first-order chi connectivity index (χ1) is 15.9. The van der Waals surface area contributed by atoms with Crippen LogP contribution in [0.1, 0.15) is 53.5 Å². The van der Waals surface area contributed by atoms with Crippen molar-refractivity contribution in [3.05, 3.63) is 59.1 Å². The molecule has 1 fully saturated rings. The van der Waals surface area contributed by atoms with Crippen LogP contribution in [-0.2, 0) is 24.3 Å². The summed E-state index contributed by atoms with van der Waals surface area (Å²) in [7, 11) is 1.72. The Morgan fingerprint density at radius 2 is 1.88 bits per heavy atom. The van der Waals surface area contributed by atoms with Crippen LogP contribution in [0.5, 0.6) is 0 Å². The van der Waals surface area contributed by atoms with Crippen molar-refractivity contribution < 1.29 is 9.59 Å². The lowest BCUT2D eigenvalue weighted by molar-refractivity contribution is -0.115. The third-order valence-corrected chi connectivity index (χ3v) is 6.29. The monoisotopic (exact) mass is 448 g/mol. The summed E-state index contributed by atoms with van der Waals surface area (Å²) in [5.41, 5.74) is 9.38. The number of nitrogens with zero attached hydrogens (tertiary/aromatic N) is 5. The van der Waals surface area contributed by atoms with Crippen LogP contribution in [0.4, 0.5) is 11.6 Å². The number of benzene rings is 1. The van der Waals surface area contributed by atoms with Gasteiger partial charge in [-0.1, -0.05) is 37.8 Å². The molecule has 0 unspecified atom stereocenters. The Bertz CT molecular complexity index is 1080. The number of aromatic nitrogens is 2. The highest BCUT2D eigenvalue weighted by Gasteiger charge is 2.32. The van der Waals surface area contributed by atoms with Gasteiger partial charge in [0.15, 0.2) is 5.78 Å². The van der Waals surface area contributed by atoms with E-state index in [0.29, 0.717) is 30.2 Å². The predicted octanol–water partition coefficient (Wildman–Crippen LogP) is 2.78. The second kappa shape index (κ2) is 9.70. The van der Waals surface area contributed by atoms with E-state index in [-0.39, 0.29) is 29.8 Å². The molecule has 174 valence electrons. The van der Waals surface area contributed by atoms with Gasteiger partial charge in [0.2, 0.25) is 5.82 Å². The normalized spacial score (nSPS) is 16.2. The number of carbonyl (C=O) groups is 2. The van der Waals surface area contributed by atoms with Gasteiger partial charge in [0, 0.05) is 38.7 Å². The molecule has 1 aromatic heterocycles. The number of Topliss-reactive ketones (excluding diaryl/α,β-unsaturated/α-hetero) is 1. The molecule has 33 heavy (non-hydrogen) atoms. The van der Waals surface area contributed by atoms with Crippen molar-refractivity contribution in [2.75, 3.05) is 37.3 Å². The van der Waals surface area contributed by atoms with E-state index in [1.54, 1.807) is 16.8 Å². The van der Waals surface area contributed by atoms with Crippen molar-refractivity contribution in [1.82, 2.24) is 19.8 Å². The van der Waals surface area contributed by atoms with Crippen LogP contribution in [-0.4, -0.2) is 58.1 Å². The van der Waals surface area contributed by atoms with E-state index in [4.69, 9.17) is 5.73 Å². The molecule has 0 saturated carbocycles. The minimum Gasteiger partial charge on any atom is -0.383 e. The molecule has 4 rings (SSSR count). The van der Waals surface area contributed by atoms with Crippen LogP contribution in [0.25, 0.3) is 0 Å². The molecule has 1 amide bonds. The molecular formula is C25H32N6O2. The number of likely N-dealkylation sites (tertiary alicyclic amines) is 1. The van der Waals surface area contributed by atoms with Gasteiger partial charge in [-0.05, 0) is 43.5 Å². The van der Waals surface area contributed by atoms with E-state index in [9.17, 15) is 9.59 Å². The highest BCUT2D eigenvalue weighted by atomic mass is 16.2. The number of anilines is 2. The number of nitrogens with two attached hydrogens (primary N) is 1. The number of hydrogen-bond donors (Lipinski definition) is 1. The lowest BCUT2D eigenvalue weighted by Gasteiger charge is -2.32. The third kappa shape index (κ3) is 4.90. The molecule has 2 aliphatic heterocycles. The number of hydrogen-bond acceptors (Lipinski definition) is 7. The highest BCUT2D eigenvalue weighted by Crippen LogP contribution is 2.33. The minimum absolute atomic E-state index is 0.0390. The van der Waals surface area contributed by atoms with Crippen LogP contribution < -0.4 is 10.6 Å². The smallest absolute Gasteiger partial charge is 0.291 e. The van der Waals surface area contributed by atoms with Crippen LogP contribution in [0.3, 0.4) is 0 Å². The van der Waals surface area contributed by atoms with Crippen LogP contribution in [0.15, 0.2) is 36.5 Å². The van der Waals surface area contributed by atoms with Crippen molar-refractivity contribution in [2.45, 2.75) is 45.7 Å². The summed E-state index contributed by atoms with van der Waals surface area (Å²) in [5, 5.41) is 0. The van der Waals surface area contributed by atoms with Crippen LogP contribution >= 0.6 is 0 Å². The van der Waals surface area contributed by atoms with E-state index in [0.717, 1.165) is 31.6 Å². The van der Waals surface area contributed by atoms with Gasteiger partial charge in [0.25, 0.3) is 5.91 Å². The van der Waals surface area contributed by atoms with E-state index >= 15 is 0 Å². The number of amides is 1. The molecule has 8 heteroatoms. The van der Waals surface area contributed by atoms with Gasteiger partial charge in [-0.25, -0.2) is 9.97 Å².